The summed E-state index contributed by atoms with van der Waals surface area (Å²) >= 11 is 7.10. The molecule has 1 aliphatic rings. The smallest absolute Gasteiger partial charge is 0.358 e. The fourth-order valence-electron chi connectivity index (χ4n) is 3.37. The SMILES string of the molecule is O=C(OCC(=O)N1CCN(c2ccc(Cl)cc2[N+](=O)[O-])CC1)c1csc(Nc2ccccn2)n1. The summed E-state index contributed by atoms with van der Waals surface area (Å²) in [7, 11) is 0. The van der Waals surface area contributed by atoms with Gasteiger partial charge in [-0.2, -0.15) is 0 Å². The molecule has 13 heteroatoms. The molecule has 1 fully saturated rings. The zero-order chi connectivity index (χ0) is 24.1. The predicted molar refractivity (Wildman–Crippen MR) is 127 cm³/mol. The van der Waals surface area contributed by atoms with Gasteiger partial charge in [-0.15, -0.1) is 11.3 Å². The van der Waals surface area contributed by atoms with Crippen LogP contribution in [0.2, 0.25) is 5.02 Å². The van der Waals surface area contributed by atoms with Crippen LogP contribution in [0.5, 0.6) is 0 Å². The van der Waals surface area contributed by atoms with Gasteiger partial charge in [0.15, 0.2) is 17.4 Å². The number of piperazine rings is 1. The summed E-state index contributed by atoms with van der Waals surface area (Å²) in [6.45, 7) is 1.06. The van der Waals surface area contributed by atoms with Crippen molar-refractivity contribution < 1.29 is 19.2 Å². The fraction of sp³-hybridized carbons (Fsp3) is 0.238. The summed E-state index contributed by atoms with van der Waals surface area (Å²) in [5, 5.41) is 16.6. The zero-order valence-corrected chi connectivity index (χ0v) is 19.3. The number of hydrogen-bond acceptors (Lipinski definition) is 10. The van der Waals surface area contributed by atoms with Crippen molar-refractivity contribution >= 4 is 57.1 Å². The van der Waals surface area contributed by atoms with E-state index >= 15 is 0 Å². The van der Waals surface area contributed by atoms with E-state index in [1.807, 2.05) is 11.0 Å². The first-order valence-electron chi connectivity index (χ1n) is 10.2. The van der Waals surface area contributed by atoms with Gasteiger partial charge in [-0.25, -0.2) is 14.8 Å². The van der Waals surface area contributed by atoms with Crippen LogP contribution in [0.15, 0.2) is 48.0 Å². The first kappa shape index (κ1) is 23.4. The van der Waals surface area contributed by atoms with Gasteiger partial charge in [0, 0.05) is 48.8 Å². The van der Waals surface area contributed by atoms with Gasteiger partial charge in [-0.1, -0.05) is 17.7 Å². The van der Waals surface area contributed by atoms with Crippen LogP contribution >= 0.6 is 22.9 Å². The Balaban J connectivity index is 1.27. The average molecular weight is 503 g/mol. The average Bonchev–Trinajstić information content (AvgIpc) is 3.31. The third kappa shape index (κ3) is 5.58. The number of nitro benzene ring substituents is 1. The van der Waals surface area contributed by atoms with Crippen molar-refractivity contribution in [1.82, 2.24) is 14.9 Å². The molecule has 0 aliphatic carbocycles. The Morgan fingerprint density at radius 2 is 2.00 bits per heavy atom. The van der Waals surface area contributed by atoms with Crippen molar-refractivity contribution in [3.63, 3.8) is 0 Å². The van der Waals surface area contributed by atoms with E-state index in [1.54, 1.807) is 35.4 Å². The van der Waals surface area contributed by atoms with Gasteiger partial charge in [-0.05, 0) is 24.3 Å². The van der Waals surface area contributed by atoms with E-state index in [2.05, 4.69) is 15.3 Å². The number of nitrogens with zero attached hydrogens (tertiary/aromatic N) is 5. The van der Waals surface area contributed by atoms with Crippen LogP contribution in [0, 0.1) is 10.1 Å². The van der Waals surface area contributed by atoms with Gasteiger partial charge < -0.3 is 19.9 Å². The summed E-state index contributed by atoms with van der Waals surface area (Å²) < 4.78 is 5.13. The molecule has 0 radical (unpaired) electrons. The summed E-state index contributed by atoms with van der Waals surface area (Å²) in [6.07, 6.45) is 1.63. The number of ether oxygens (including phenoxy) is 1. The Bertz CT molecular complexity index is 1200. The van der Waals surface area contributed by atoms with Gasteiger partial charge in [0.2, 0.25) is 0 Å². The molecule has 1 amide bonds. The van der Waals surface area contributed by atoms with Crippen LogP contribution in [0.4, 0.5) is 22.3 Å². The number of carbonyl (C=O) groups is 2. The number of halogens is 1. The minimum Gasteiger partial charge on any atom is -0.451 e. The lowest BCUT2D eigenvalue weighted by Crippen LogP contribution is -2.50. The van der Waals surface area contributed by atoms with Crippen LogP contribution in [0.3, 0.4) is 0 Å². The highest BCUT2D eigenvalue weighted by atomic mass is 35.5. The Labute approximate surface area is 203 Å². The van der Waals surface area contributed by atoms with E-state index < -0.39 is 17.5 Å². The highest BCUT2D eigenvalue weighted by molar-refractivity contribution is 7.14. The van der Waals surface area contributed by atoms with Crippen molar-refractivity contribution in [3.8, 4) is 0 Å². The number of hydrogen-bond donors (Lipinski definition) is 1. The minimum atomic E-state index is -0.700. The van der Waals surface area contributed by atoms with Crippen molar-refractivity contribution in [3.05, 3.63) is 68.8 Å². The van der Waals surface area contributed by atoms with E-state index in [0.29, 0.717) is 42.8 Å². The number of anilines is 3. The minimum absolute atomic E-state index is 0.0821. The lowest BCUT2D eigenvalue weighted by Gasteiger charge is -2.35. The van der Waals surface area contributed by atoms with Crippen molar-refractivity contribution in [2.24, 2.45) is 0 Å². The van der Waals surface area contributed by atoms with Crippen LogP contribution in [0.25, 0.3) is 0 Å². The maximum Gasteiger partial charge on any atom is 0.358 e. The molecular weight excluding hydrogens is 484 g/mol. The Morgan fingerprint density at radius 1 is 1.21 bits per heavy atom. The van der Waals surface area contributed by atoms with Gasteiger partial charge in [0.05, 0.1) is 4.92 Å². The molecular formula is C21H19ClN6O5S. The van der Waals surface area contributed by atoms with Gasteiger partial charge in [-0.3, -0.25) is 14.9 Å². The lowest BCUT2D eigenvalue weighted by atomic mass is 10.2. The quantitative estimate of drug-likeness (QED) is 0.293. The number of nitrogens with one attached hydrogen (secondary N) is 1. The third-order valence-electron chi connectivity index (χ3n) is 5.05. The summed E-state index contributed by atoms with van der Waals surface area (Å²) in [5.41, 5.74) is 0.462. The highest BCUT2D eigenvalue weighted by Gasteiger charge is 2.26. The molecule has 0 atom stereocenters. The van der Waals surface area contributed by atoms with E-state index in [0.717, 1.165) is 0 Å². The molecule has 4 rings (SSSR count). The standard InChI is InChI=1S/C21H19ClN6O5S/c22-14-4-5-16(17(11-14)28(31)32)26-7-9-27(10-8-26)19(29)12-33-20(30)15-13-34-21(24-15)25-18-3-1-2-6-23-18/h1-6,11,13H,7-10,12H2,(H,23,24,25). The van der Waals surface area contributed by atoms with Crippen molar-refractivity contribution in [2.75, 3.05) is 43.0 Å². The second-order valence-corrected chi connectivity index (χ2v) is 8.51. The van der Waals surface area contributed by atoms with E-state index in [-0.39, 0.29) is 22.3 Å². The van der Waals surface area contributed by atoms with Crippen LogP contribution in [0.1, 0.15) is 10.5 Å². The molecule has 11 nitrogen and oxygen atoms in total. The number of carbonyl (C=O) groups excluding carboxylic acids is 2. The first-order valence-corrected chi connectivity index (χ1v) is 11.4. The fourth-order valence-corrected chi connectivity index (χ4v) is 4.22. The van der Waals surface area contributed by atoms with Crippen LogP contribution in [-0.2, 0) is 9.53 Å². The maximum atomic E-state index is 12.5. The molecule has 1 aliphatic heterocycles. The maximum absolute atomic E-state index is 12.5. The van der Waals surface area contributed by atoms with Gasteiger partial charge in [0.1, 0.15) is 11.5 Å². The molecule has 0 spiro atoms. The normalized spacial score (nSPS) is 13.4. The highest BCUT2D eigenvalue weighted by Crippen LogP contribution is 2.31. The predicted octanol–water partition coefficient (Wildman–Crippen LogP) is 3.35. The summed E-state index contributed by atoms with van der Waals surface area (Å²) in [4.78, 5) is 47.3. The molecule has 1 aromatic carbocycles. The second-order valence-electron chi connectivity index (χ2n) is 7.21. The number of benzene rings is 1. The number of aromatic nitrogens is 2. The molecule has 176 valence electrons. The van der Waals surface area contributed by atoms with Crippen LogP contribution < -0.4 is 10.2 Å². The summed E-state index contributed by atoms with van der Waals surface area (Å²) in [6, 6.07) is 9.88. The van der Waals surface area contributed by atoms with E-state index in [1.165, 1.54) is 22.8 Å². The molecule has 1 N–H and O–H groups in total. The largest absolute Gasteiger partial charge is 0.451 e. The molecule has 3 aromatic rings. The third-order valence-corrected chi connectivity index (χ3v) is 6.04. The molecule has 1 saturated heterocycles. The van der Waals surface area contributed by atoms with Gasteiger partial charge in [0.25, 0.3) is 11.6 Å². The first-order chi connectivity index (χ1) is 16.4. The molecule has 0 bridgehead atoms. The van der Waals surface area contributed by atoms with E-state index in [9.17, 15) is 19.7 Å². The number of pyridine rings is 1. The number of amides is 1. The molecule has 3 heterocycles. The Hall–Kier alpha value is -3.77. The number of thiazole rings is 1. The van der Waals surface area contributed by atoms with Crippen molar-refractivity contribution in [2.45, 2.75) is 0 Å². The zero-order valence-electron chi connectivity index (χ0n) is 17.7. The number of rotatable bonds is 7. The topological polar surface area (TPSA) is 131 Å². The number of esters is 1. The monoisotopic (exact) mass is 502 g/mol. The molecule has 2 aromatic heterocycles. The van der Waals surface area contributed by atoms with E-state index in [4.69, 9.17) is 16.3 Å². The van der Waals surface area contributed by atoms with Crippen LogP contribution in [-0.4, -0.2) is 64.5 Å². The molecule has 0 saturated carbocycles. The molecule has 34 heavy (non-hydrogen) atoms. The Morgan fingerprint density at radius 3 is 2.71 bits per heavy atom. The summed E-state index contributed by atoms with van der Waals surface area (Å²) in [5.74, 6) is -0.454. The Kier molecular flexibility index (Phi) is 7.18. The second kappa shape index (κ2) is 10.4. The lowest BCUT2D eigenvalue weighted by molar-refractivity contribution is -0.384. The van der Waals surface area contributed by atoms with Crippen molar-refractivity contribution in [1.29, 1.82) is 0 Å². The number of nitro groups is 1. The molecule has 0 unspecified atom stereocenters. The van der Waals surface area contributed by atoms with Gasteiger partial charge >= 0.3 is 5.97 Å².